The molecule has 1 unspecified atom stereocenters. The number of amides is 1. The summed E-state index contributed by atoms with van der Waals surface area (Å²) in [5.74, 6) is 0.238. The normalized spacial score (nSPS) is 25.1. The Kier molecular flexibility index (Phi) is 4.66. The Bertz CT molecular complexity index is 272. The van der Waals surface area contributed by atoms with Gasteiger partial charge in [0, 0.05) is 19.5 Å². The summed E-state index contributed by atoms with van der Waals surface area (Å²) in [4.78, 5) is 14.0. The maximum atomic E-state index is 12.0. The monoisotopic (exact) mass is 253 g/mol. The molecule has 1 spiro atoms. The fourth-order valence-corrected chi connectivity index (χ4v) is 3.52. The molecule has 1 aliphatic heterocycles. The highest BCUT2D eigenvalue weighted by atomic mass is 16.3. The molecule has 1 aliphatic carbocycles. The van der Waals surface area contributed by atoms with Gasteiger partial charge in [0.15, 0.2) is 0 Å². The number of aliphatic hydroxyl groups is 1. The van der Waals surface area contributed by atoms with Gasteiger partial charge in [-0.2, -0.15) is 0 Å². The van der Waals surface area contributed by atoms with Gasteiger partial charge in [-0.1, -0.05) is 19.3 Å². The molecule has 0 bridgehead atoms. The van der Waals surface area contributed by atoms with Crippen LogP contribution in [0.4, 0.5) is 0 Å². The van der Waals surface area contributed by atoms with E-state index in [9.17, 15) is 9.90 Å². The minimum absolute atomic E-state index is 0.238. The first-order chi connectivity index (χ1) is 8.61. The zero-order chi connectivity index (χ0) is 13.0. The van der Waals surface area contributed by atoms with Gasteiger partial charge in [-0.05, 0) is 44.4 Å². The molecule has 0 aromatic carbocycles. The lowest BCUT2D eigenvalue weighted by Crippen LogP contribution is -2.44. The zero-order valence-corrected chi connectivity index (χ0v) is 11.7. The highest BCUT2D eigenvalue weighted by molar-refractivity contribution is 5.76. The SMILES string of the molecule is CC(O)CCC(=O)N1CCC2(CCCCC2)CC1. The minimum atomic E-state index is -0.358. The van der Waals surface area contributed by atoms with Crippen molar-refractivity contribution < 1.29 is 9.90 Å². The van der Waals surface area contributed by atoms with Crippen molar-refractivity contribution in [2.45, 2.75) is 70.8 Å². The molecule has 1 saturated carbocycles. The van der Waals surface area contributed by atoms with Crippen molar-refractivity contribution in [1.82, 2.24) is 4.90 Å². The van der Waals surface area contributed by atoms with E-state index in [2.05, 4.69) is 0 Å². The predicted molar refractivity (Wildman–Crippen MR) is 72.2 cm³/mol. The van der Waals surface area contributed by atoms with Crippen molar-refractivity contribution in [2.24, 2.45) is 5.41 Å². The molecule has 3 nitrogen and oxygen atoms in total. The molecule has 104 valence electrons. The van der Waals surface area contributed by atoms with Gasteiger partial charge in [-0.15, -0.1) is 0 Å². The lowest BCUT2D eigenvalue weighted by atomic mass is 9.68. The van der Waals surface area contributed by atoms with E-state index in [-0.39, 0.29) is 12.0 Å². The second-order valence-electron chi connectivity index (χ2n) is 6.33. The second kappa shape index (κ2) is 6.05. The largest absolute Gasteiger partial charge is 0.393 e. The zero-order valence-electron chi connectivity index (χ0n) is 11.7. The van der Waals surface area contributed by atoms with Crippen molar-refractivity contribution in [1.29, 1.82) is 0 Å². The fourth-order valence-electron chi connectivity index (χ4n) is 3.52. The van der Waals surface area contributed by atoms with E-state index < -0.39 is 0 Å². The number of nitrogens with zero attached hydrogens (tertiary/aromatic N) is 1. The summed E-state index contributed by atoms with van der Waals surface area (Å²) < 4.78 is 0. The Morgan fingerprint density at radius 2 is 1.78 bits per heavy atom. The Labute approximate surface area is 111 Å². The van der Waals surface area contributed by atoms with Gasteiger partial charge in [0.05, 0.1) is 6.10 Å². The smallest absolute Gasteiger partial charge is 0.222 e. The van der Waals surface area contributed by atoms with Gasteiger partial charge in [0.25, 0.3) is 0 Å². The Morgan fingerprint density at radius 1 is 1.17 bits per heavy atom. The van der Waals surface area contributed by atoms with Crippen LogP contribution < -0.4 is 0 Å². The van der Waals surface area contributed by atoms with Crippen LogP contribution in [-0.2, 0) is 4.79 Å². The molecule has 2 rings (SSSR count). The van der Waals surface area contributed by atoms with Gasteiger partial charge in [0.1, 0.15) is 0 Å². The standard InChI is InChI=1S/C15H27NO2/c1-13(17)5-6-14(18)16-11-9-15(10-12-16)7-3-2-4-8-15/h13,17H,2-12H2,1H3. The Morgan fingerprint density at radius 3 is 2.33 bits per heavy atom. The van der Waals surface area contributed by atoms with Crippen LogP contribution >= 0.6 is 0 Å². The molecule has 1 N–H and O–H groups in total. The summed E-state index contributed by atoms with van der Waals surface area (Å²) in [5, 5.41) is 9.23. The van der Waals surface area contributed by atoms with Gasteiger partial charge >= 0.3 is 0 Å². The van der Waals surface area contributed by atoms with Crippen molar-refractivity contribution in [3.05, 3.63) is 0 Å². The summed E-state index contributed by atoms with van der Waals surface area (Å²) >= 11 is 0. The number of carbonyl (C=O) groups is 1. The Hall–Kier alpha value is -0.570. The van der Waals surface area contributed by atoms with Crippen LogP contribution in [0.1, 0.15) is 64.7 Å². The van der Waals surface area contributed by atoms with Crippen molar-refractivity contribution >= 4 is 5.91 Å². The number of piperidine rings is 1. The summed E-state index contributed by atoms with van der Waals surface area (Å²) in [6, 6.07) is 0. The molecule has 1 heterocycles. The van der Waals surface area contributed by atoms with Crippen molar-refractivity contribution in [3.63, 3.8) is 0 Å². The second-order valence-corrected chi connectivity index (χ2v) is 6.33. The lowest BCUT2D eigenvalue weighted by molar-refractivity contribution is -0.134. The van der Waals surface area contributed by atoms with Gasteiger partial charge in [-0.25, -0.2) is 0 Å². The molecule has 3 heteroatoms. The predicted octanol–water partition coefficient (Wildman–Crippen LogP) is 2.72. The quantitative estimate of drug-likeness (QED) is 0.840. The third kappa shape index (κ3) is 3.47. The summed E-state index contributed by atoms with van der Waals surface area (Å²) in [6.45, 7) is 3.64. The lowest BCUT2D eigenvalue weighted by Gasteiger charge is -2.44. The van der Waals surface area contributed by atoms with Crippen LogP contribution in [0.15, 0.2) is 0 Å². The fraction of sp³-hybridized carbons (Fsp3) is 0.933. The van der Waals surface area contributed by atoms with Gasteiger partial charge < -0.3 is 10.0 Å². The van der Waals surface area contributed by atoms with Crippen LogP contribution in [0.25, 0.3) is 0 Å². The topological polar surface area (TPSA) is 40.5 Å². The van der Waals surface area contributed by atoms with Crippen molar-refractivity contribution in [2.75, 3.05) is 13.1 Å². The molecule has 18 heavy (non-hydrogen) atoms. The first-order valence-corrected chi connectivity index (χ1v) is 7.57. The molecule has 0 radical (unpaired) electrons. The van der Waals surface area contributed by atoms with E-state index >= 15 is 0 Å². The van der Waals surface area contributed by atoms with Crippen molar-refractivity contribution in [3.8, 4) is 0 Å². The summed E-state index contributed by atoms with van der Waals surface area (Å²) in [7, 11) is 0. The minimum Gasteiger partial charge on any atom is -0.393 e. The number of likely N-dealkylation sites (tertiary alicyclic amines) is 1. The average molecular weight is 253 g/mol. The van der Waals surface area contributed by atoms with E-state index in [1.807, 2.05) is 4.90 Å². The Balaban J connectivity index is 1.77. The van der Waals surface area contributed by atoms with Crippen LogP contribution in [0.5, 0.6) is 0 Å². The molecule has 2 aliphatic rings. The maximum absolute atomic E-state index is 12.0. The highest BCUT2D eigenvalue weighted by Gasteiger charge is 2.36. The molecule has 1 amide bonds. The molecule has 2 fully saturated rings. The maximum Gasteiger partial charge on any atom is 0.222 e. The van der Waals surface area contributed by atoms with E-state index in [0.717, 1.165) is 13.1 Å². The number of hydrogen-bond acceptors (Lipinski definition) is 2. The van der Waals surface area contributed by atoms with Gasteiger partial charge in [0.2, 0.25) is 5.91 Å². The third-order valence-electron chi connectivity index (χ3n) is 4.87. The number of aliphatic hydroxyl groups excluding tert-OH is 1. The van der Waals surface area contributed by atoms with Crippen LogP contribution in [0.2, 0.25) is 0 Å². The molecule has 1 atom stereocenters. The molecule has 0 aromatic heterocycles. The first-order valence-electron chi connectivity index (χ1n) is 7.57. The number of carbonyl (C=O) groups excluding carboxylic acids is 1. The van der Waals surface area contributed by atoms with Crippen LogP contribution in [0, 0.1) is 5.41 Å². The average Bonchev–Trinajstić information content (AvgIpc) is 2.38. The summed E-state index contributed by atoms with van der Waals surface area (Å²) in [5.41, 5.74) is 0.569. The van der Waals surface area contributed by atoms with Gasteiger partial charge in [-0.3, -0.25) is 4.79 Å². The third-order valence-corrected chi connectivity index (χ3v) is 4.87. The molecule has 1 saturated heterocycles. The van der Waals surface area contributed by atoms with Crippen LogP contribution in [0.3, 0.4) is 0 Å². The highest BCUT2D eigenvalue weighted by Crippen LogP contribution is 2.44. The summed E-state index contributed by atoms with van der Waals surface area (Å²) in [6.07, 6.45) is 10.1. The van der Waals surface area contributed by atoms with E-state index in [1.165, 1.54) is 44.9 Å². The molecular weight excluding hydrogens is 226 g/mol. The number of hydrogen-bond donors (Lipinski definition) is 1. The molecular formula is C15H27NO2. The van der Waals surface area contributed by atoms with Crippen LogP contribution in [-0.4, -0.2) is 35.1 Å². The van der Waals surface area contributed by atoms with E-state index in [1.54, 1.807) is 6.92 Å². The number of rotatable bonds is 3. The van der Waals surface area contributed by atoms with E-state index in [0.29, 0.717) is 18.3 Å². The van der Waals surface area contributed by atoms with E-state index in [4.69, 9.17) is 0 Å². The first kappa shape index (κ1) is 13.9. The molecule has 0 aromatic rings.